The Bertz CT molecular complexity index is 790. The van der Waals surface area contributed by atoms with Gasteiger partial charge in [-0.15, -0.1) is 0 Å². The highest BCUT2D eigenvalue weighted by Crippen LogP contribution is 2.23. The monoisotopic (exact) mass is 367 g/mol. The summed E-state index contributed by atoms with van der Waals surface area (Å²) in [6.07, 6.45) is 0. The number of hydrogen-bond donors (Lipinski definition) is 2. The third kappa shape index (κ3) is 4.11. The molecule has 142 valence electrons. The summed E-state index contributed by atoms with van der Waals surface area (Å²) in [5, 5.41) is 8.97. The minimum atomic E-state index is -0.673. The van der Waals surface area contributed by atoms with E-state index in [1.807, 2.05) is 44.2 Å². The summed E-state index contributed by atoms with van der Waals surface area (Å²) in [5.41, 5.74) is 5.01. The minimum absolute atomic E-state index is 0.0915. The van der Waals surface area contributed by atoms with E-state index in [0.29, 0.717) is 19.6 Å². The zero-order valence-electron chi connectivity index (χ0n) is 15.6. The van der Waals surface area contributed by atoms with Gasteiger partial charge < -0.3 is 9.80 Å². The molecule has 0 aromatic heterocycles. The Hall–Kier alpha value is -2.86. The molecule has 2 N–H and O–H groups in total. The maximum atomic E-state index is 12.8. The Balaban J connectivity index is 1.68. The van der Waals surface area contributed by atoms with Crippen LogP contribution in [-0.4, -0.2) is 46.1 Å². The van der Waals surface area contributed by atoms with Gasteiger partial charge in [0.15, 0.2) is 0 Å². The second kappa shape index (κ2) is 8.22. The quantitative estimate of drug-likeness (QED) is 0.609. The summed E-state index contributed by atoms with van der Waals surface area (Å²) in [6, 6.07) is 17.4. The van der Waals surface area contributed by atoms with Gasteiger partial charge in [0.25, 0.3) is 5.91 Å². The maximum absolute atomic E-state index is 12.8. The fourth-order valence-corrected chi connectivity index (χ4v) is 3.53. The van der Waals surface area contributed by atoms with Crippen LogP contribution in [-0.2, 0) is 11.3 Å². The number of hydrogen-bond acceptors (Lipinski definition) is 3. The Kier molecular flexibility index (Phi) is 5.76. The molecule has 0 radical (unpaired) electrons. The zero-order valence-corrected chi connectivity index (χ0v) is 15.6. The molecular formula is C21H25N3O3. The molecule has 1 aliphatic heterocycles. The first-order chi connectivity index (χ1) is 13.0. The van der Waals surface area contributed by atoms with Crippen molar-refractivity contribution in [3.05, 3.63) is 60.2 Å². The number of nitrogens with one attached hydrogen (secondary N) is 1. The summed E-state index contributed by atoms with van der Waals surface area (Å²) in [5.74, 6) is -0.640. The molecule has 3 rings (SSSR count). The van der Waals surface area contributed by atoms with Crippen molar-refractivity contribution in [1.29, 1.82) is 0 Å². The van der Waals surface area contributed by atoms with Crippen molar-refractivity contribution in [3.8, 4) is 11.1 Å². The van der Waals surface area contributed by atoms with E-state index in [1.54, 1.807) is 10.4 Å². The number of rotatable bonds is 6. The molecule has 1 atom stereocenters. The second-order valence-electron chi connectivity index (χ2n) is 7.13. The zero-order chi connectivity index (χ0) is 19.4. The number of hydroxylamine groups is 1. The molecule has 0 spiro atoms. The SMILES string of the molecule is CC(C)C(C(=O)NO)N1CCN(Cc2ccc(-c3ccccc3)cc2)C1=O. The van der Waals surface area contributed by atoms with Crippen LogP contribution >= 0.6 is 0 Å². The fourth-order valence-electron chi connectivity index (χ4n) is 3.53. The predicted molar refractivity (Wildman–Crippen MR) is 103 cm³/mol. The molecular weight excluding hydrogens is 342 g/mol. The van der Waals surface area contributed by atoms with E-state index in [2.05, 4.69) is 24.3 Å². The van der Waals surface area contributed by atoms with Crippen LogP contribution in [0.5, 0.6) is 0 Å². The smallest absolute Gasteiger partial charge is 0.319 e. The second-order valence-corrected chi connectivity index (χ2v) is 7.13. The van der Waals surface area contributed by atoms with Gasteiger partial charge >= 0.3 is 6.03 Å². The molecule has 2 aromatic rings. The van der Waals surface area contributed by atoms with Crippen LogP contribution in [0.25, 0.3) is 11.1 Å². The van der Waals surface area contributed by atoms with Crippen molar-refractivity contribution < 1.29 is 14.8 Å². The van der Waals surface area contributed by atoms with Crippen molar-refractivity contribution in [1.82, 2.24) is 15.3 Å². The van der Waals surface area contributed by atoms with Crippen molar-refractivity contribution >= 4 is 11.9 Å². The number of carbonyl (C=O) groups is 2. The van der Waals surface area contributed by atoms with Crippen LogP contribution in [0.3, 0.4) is 0 Å². The van der Waals surface area contributed by atoms with Gasteiger partial charge in [-0.1, -0.05) is 68.4 Å². The molecule has 6 nitrogen and oxygen atoms in total. The number of benzene rings is 2. The molecule has 27 heavy (non-hydrogen) atoms. The van der Waals surface area contributed by atoms with Gasteiger partial charge in [-0.3, -0.25) is 10.0 Å². The van der Waals surface area contributed by atoms with Crippen molar-refractivity contribution in [2.75, 3.05) is 13.1 Å². The summed E-state index contributed by atoms with van der Waals surface area (Å²) in [6.45, 7) is 5.24. The van der Waals surface area contributed by atoms with Crippen LogP contribution in [0.1, 0.15) is 19.4 Å². The van der Waals surface area contributed by atoms with Gasteiger partial charge in [-0.2, -0.15) is 0 Å². The first-order valence-corrected chi connectivity index (χ1v) is 9.15. The molecule has 1 fully saturated rings. The molecule has 1 unspecified atom stereocenters. The Morgan fingerprint density at radius 2 is 1.67 bits per heavy atom. The maximum Gasteiger partial charge on any atom is 0.321 e. The normalized spacial score (nSPS) is 15.3. The Morgan fingerprint density at radius 3 is 2.26 bits per heavy atom. The standard InChI is InChI=1S/C21H25N3O3/c1-15(2)19(20(25)22-27)24-13-12-23(21(24)26)14-16-8-10-18(11-9-16)17-6-4-3-5-7-17/h3-11,15,19,27H,12-14H2,1-2H3,(H,22,25). The number of nitrogens with zero attached hydrogens (tertiary/aromatic N) is 2. The molecule has 0 bridgehead atoms. The number of urea groups is 1. The van der Waals surface area contributed by atoms with Gasteiger partial charge in [0.05, 0.1) is 0 Å². The van der Waals surface area contributed by atoms with Crippen LogP contribution in [0.4, 0.5) is 4.79 Å². The minimum Gasteiger partial charge on any atom is -0.319 e. The van der Waals surface area contributed by atoms with Gasteiger partial charge in [-0.05, 0) is 22.6 Å². The van der Waals surface area contributed by atoms with E-state index in [-0.39, 0.29) is 11.9 Å². The number of amides is 3. The van der Waals surface area contributed by atoms with E-state index in [9.17, 15) is 9.59 Å². The summed E-state index contributed by atoms with van der Waals surface area (Å²) in [7, 11) is 0. The van der Waals surface area contributed by atoms with Gasteiger partial charge in [-0.25, -0.2) is 10.3 Å². The molecule has 1 saturated heterocycles. The predicted octanol–water partition coefficient (Wildman–Crippen LogP) is 3.12. The lowest BCUT2D eigenvalue weighted by Crippen LogP contribution is -2.50. The average molecular weight is 367 g/mol. The highest BCUT2D eigenvalue weighted by Gasteiger charge is 2.38. The Labute approximate surface area is 159 Å². The number of carbonyl (C=O) groups excluding carboxylic acids is 2. The molecule has 1 heterocycles. The highest BCUT2D eigenvalue weighted by atomic mass is 16.5. The van der Waals surface area contributed by atoms with E-state index >= 15 is 0 Å². The summed E-state index contributed by atoms with van der Waals surface area (Å²) < 4.78 is 0. The third-order valence-corrected chi connectivity index (χ3v) is 4.91. The van der Waals surface area contributed by atoms with E-state index in [4.69, 9.17) is 5.21 Å². The molecule has 2 aromatic carbocycles. The highest BCUT2D eigenvalue weighted by molar-refractivity contribution is 5.87. The van der Waals surface area contributed by atoms with Crippen LogP contribution in [0.15, 0.2) is 54.6 Å². The molecule has 0 saturated carbocycles. The lowest BCUT2D eigenvalue weighted by Gasteiger charge is -2.29. The molecule has 0 aliphatic carbocycles. The van der Waals surface area contributed by atoms with E-state index < -0.39 is 11.9 Å². The summed E-state index contributed by atoms with van der Waals surface area (Å²) in [4.78, 5) is 28.0. The first-order valence-electron chi connectivity index (χ1n) is 9.15. The third-order valence-electron chi connectivity index (χ3n) is 4.91. The van der Waals surface area contributed by atoms with E-state index in [0.717, 1.165) is 16.7 Å². The van der Waals surface area contributed by atoms with Crippen LogP contribution in [0.2, 0.25) is 0 Å². The fraction of sp³-hybridized carbons (Fsp3) is 0.333. The topological polar surface area (TPSA) is 72.9 Å². The van der Waals surface area contributed by atoms with Gasteiger partial charge in [0.1, 0.15) is 6.04 Å². The largest absolute Gasteiger partial charge is 0.321 e. The van der Waals surface area contributed by atoms with Gasteiger partial charge in [0.2, 0.25) is 0 Å². The van der Waals surface area contributed by atoms with Gasteiger partial charge in [0, 0.05) is 19.6 Å². The molecule has 1 aliphatic rings. The van der Waals surface area contributed by atoms with E-state index in [1.165, 1.54) is 4.90 Å². The average Bonchev–Trinajstić information content (AvgIpc) is 3.03. The summed E-state index contributed by atoms with van der Waals surface area (Å²) >= 11 is 0. The lowest BCUT2D eigenvalue weighted by molar-refractivity contribution is -0.135. The Morgan fingerprint density at radius 1 is 1.04 bits per heavy atom. The first kappa shape index (κ1) is 18.9. The molecule has 3 amide bonds. The van der Waals surface area contributed by atoms with Crippen LogP contribution in [0, 0.1) is 5.92 Å². The molecule has 6 heteroatoms. The van der Waals surface area contributed by atoms with Crippen molar-refractivity contribution in [2.24, 2.45) is 5.92 Å². The van der Waals surface area contributed by atoms with Crippen LogP contribution < -0.4 is 5.48 Å². The lowest BCUT2D eigenvalue weighted by atomic mass is 10.0. The van der Waals surface area contributed by atoms with Crippen molar-refractivity contribution in [3.63, 3.8) is 0 Å². The van der Waals surface area contributed by atoms with Crippen molar-refractivity contribution in [2.45, 2.75) is 26.4 Å².